The van der Waals surface area contributed by atoms with Crippen LogP contribution in [-0.2, 0) is 0 Å². The molecular weight excluding hydrogens is 162 g/mol. The molecule has 1 aromatic rings. The average molecular weight is 175 g/mol. The summed E-state index contributed by atoms with van der Waals surface area (Å²) in [4.78, 5) is 8.57. The topological polar surface area (TPSA) is 37.8 Å². The lowest BCUT2D eigenvalue weighted by atomic mass is 10.1. The zero-order chi connectivity index (χ0) is 9.10. The standard InChI is InChI=1S/C10H13N3/c1-8-6-13-10(7-12-8)9-2-4-11-5-3-9/h2,6-7,11H,3-5H2,1H3. The molecule has 0 atom stereocenters. The zero-order valence-electron chi connectivity index (χ0n) is 7.75. The Morgan fingerprint density at radius 2 is 2.23 bits per heavy atom. The van der Waals surface area contributed by atoms with Crippen LogP contribution in [0.4, 0.5) is 0 Å². The highest BCUT2D eigenvalue weighted by molar-refractivity contribution is 5.62. The average Bonchev–Trinajstić information content (AvgIpc) is 2.20. The second kappa shape index (κ2) is 3.66. The van der Waals surface area contributed by atoms with Crippen LogP contribution in [0.3, 0.4) is 0 Å². The van der Waals surface area contributed by atoms with Crippen LogP contribution >= 0.6 is 0 Å². The molecule has 0 aromatic carbocycles. The lowest BCUT2D eigenvalue weighted by molar-refractivity contribution is 0.736. The fraction of sp³-hybridized carbons (Fsp3) is 0.400. The van der Waals surface area contributed by atoms with Crippen molar-refractivity contribution >= 4 is 5.57 Å². The zero-order valence-corrected chi connectivity index (χ0v) is 7.75. The molecule has 0 amide bonds. The first-order valence-electron chi connectivity index (χ1n) is 4.55. The summed E-state index contributed by atoms with van der Waals surface area (Å²) < 4.78 is 0. The van der Waals surface area contributed by atoms with E-state index in [1.54, 1.807) is 0 Å². The van der Waals surface area contributed by atoms with Gasteiger partial charge in [0.25, 0.3) is 0 Å². The Kier molecular flexibility index (Phi) is 2.36. The Morgan fingerprint density at radius 3 is 2.85 bits per heavy atom. The number of nitrogens with zero attached hydrogens (tertiary/aromatic N) is 2. The first kappa shape index (κ1) is 8.38. The summed E-state index contributed by atoms with van der Waals surface area (Å²) in [5, 5.41) is 3.27. The number of hydrogen-bond acceptors (Lipinski definition) is 3. The van der Waals surface area contributed by atoms with E-state index in [1.807, 2.05) is 19.3 Å². The van der Waals surface area contributed by atoms with Gasteiger partial charge in [-0.15, -0.1) is 0 Å². The maximum atomic E-state index is 4.34. The summed E-state index contributed by atoms with van der Waals surface area (Å²) in [6.07, 6.45) is 6.91. The maximum Gasteiger partial charge on any atom is 0.0842 e. The molecule has 2 heterocycles. The highest BCUT2D eigenvalue weighted by Crippen LogP contribution is 2.15. The minimum atomic E-state index is 0.949. The molecule has 0 unspecified atom stereocenters. The van der Waals surface area contributed by atoms with Crippen molar-refractivity contribution in [3.8, 4) is 0 Å². The van der Waals surface area contributed by atoms with Gasteiger partial charge in [-0.25, -0.2) is 0 Å². The number of aryl methyl sites for hydroxylation is 1. The summed E-state index contributed by atoms with van der Waals surface area (Å²) in [5.41, 5.74) is 3.30. The smallest absolute Gasteiger partial charge is 0.0842 e. The van der Waals surface area contributed by atoms with E-state index in [0.717, 1.165) is 30.9 Å². The van der Waals surface area contributed by atoms with Gasteiger partial charge in [0.1, 0.15) is 0 Å². The lowest BCUT2D eigenvalue weighted by Crippen LogP contribution is -2.20. The SMILES string of the molecule is Cc1cnc(C2=CCNCC2)cn1. The van der Waals surface area contributed by atoms with E-state index in [4.69, 9.17) is 0 Å². The third-order valence-corrected chi connectivity index (χ3v) is 2.17. The number of rotatable bonds is 1. The molecule has 0 aliphatic carbocycles. The van der Waals surface area contributed by atoms with E-state index in [1.165, 1.54) is 5.57 Å². The molecule has 3 heteroatoms. The fourth-order valence-corrected chi connectivity index (χ4v) is 1.41. The van der Waals surface area contributed by atoms with Crippen LogP contribution < -0.4 is 5.32 Å². The van der Waals surface area contributed by atoms with E-state index in [-0.39, 0.29) is 0 Å². The van der Waals surface area contributed by atoms with Crippen LogP contribution in [0.5, 0.6) is 0 Å². The third kappa shape index (κ3) is 1.92. The normalized spacial score (nSPS) is 16.8. The van der Waals surface area contributed by atoms with Crippen LogP contribution in [0.2, 0.25) is 0 Å². The summed E-state index contributed by atoms with van der Waals surface area (Å²) in [7, 11) is 0. The molecule has 68 valence electrons. The monoisotopic (exact) mass is 175 g/mol. The Labute approximate surface area is 77.9 Å². The minimum Gasteiger partial charge on any atom is -0.313 e. The molecule has 3 nitrogen and oxygen atoms in total. The molecule has 0 saturated heterocycles. The second-order valence-electron chi connectivity index (χ2n) is 3.23. The Hall–Kier alpha value is -1.22. The summed E-state index contributed by atoms with van der Waals surface area (Å²) >= 11 is 0. The number of aromatic nitrogens is 2. The van der Waals surface area contributed by atoms with Gasteiger partial charge >= 0.3 is 0 Å². The lowest BCUT2D eigenvalue weighted by Gasteiger charge is -2.12. The number of nitrogens with one attached hydrogen (secondary N) is 1. The molecule has 0 bridgehead atoms. The van der Waals surface area contributed by atoms with E-state index >= 15 is 0 Å². The fourth-order valence-electron chi connectivity index (χ4n) is 1.41. The van der Waals surface area contributed by atoms with Gasteiger partial charge in [0.15, 0.2) is 0 Å². The van der Waals surface area contributed by atoms with Gasteiger partial charge in [0, 0.05) is 12.7 Å². The first-order valence-corrected chi connectivity index (χ1v) is 4.55. The third-order valence-electron chi connectivity index (χ3n) is 2.17. The van der Waals surface area contributed by atoms with Gasteiger partial charge < -0.3 is 5.32 Å². The van der Waals surface area contributed by atoms with Crippen molar-refractivity contribution in [2.75, 3.05) is 13.1 Å². The molecule has 0 spiro atoms. The van der Waals surface area contributed by atoms with Crippen LogP contribution in [-0.4, -0.2) is 23.1 Å². The van der Waals surface area contributed by atoms with Crippen molar-refractivity contribution in [1.82, 2.24) is 15.3 Å². The van der Waals surface area contributed by atoms with Crippen molar-refractivity contribution in [1.29, 1.82) is 0 Å². The van der Waals surface area contributed by atoms with E-state index in [9.17, 15) is 0 Å². The second-order valence-corrected chi connectivity index (χ2v) is 3.23. The van der Waals surface area contributed by atoms with Crippen LogP contribution in [0.25, 0.3) is 5.57 Å². The predicted molar refractivity (Wildman–Crippen MR) is 52.2 cm³/mol. The molecule has 1 N–H and O–H groups in total. The van der Waals surface area contributed by atoms with E-state index in [0.29, 0.717) is 0 Å². The van der Waals surface area contributed by atoms with Crippen molar-refractivity contribution in [3.05, 3.63) is 29.9 Å². The van der Waals surface area contributed by atoms with Gasteiger partial charge in [0.05, 0.1) is 17.6 Å². The molecule has 0 fully saturated rings. The van der Waals surface area contributed by atoms with Gasteiger partial charge in [-0.2, -0.15) is 0 Å². The molecule has 0 saturated carbocycles. The van der Waals surface area contributed by atoms with Gasteiger partial charge in [-0.3, -0.25) is 9.97 Å². The molecular formula is C10H13N3. The summed E-state index contributed by atoms with van der Waals surface area (Å²) in [6, 6.07) is 0. The van der Waals surface area contributed by atoms with Gasteiger partial charge in [-0.05, 0) is 25.5 Å². The Bertz CT molecular complexity index is 313. The molecule has 0 radical (unpaired) electrons. The van der Waals surface area contributed by atoms with Gasteiger partial charge in [0.2, 0.25) is 0 Å². The van der Waals surface area contributed by atoms with E-state index in [2.05, 4.69) is 21.4 Å². The summed E-state index contributed by atoms with van der Waals surface area (Å²) in [5.74, 6) is 0. The quantitative estimate of drug-likeness (QED) is 0.696. The molecule has 1 aliphatic rings. The molecule has 1 aromatic heterocycles. The largest absolute Gasteiger partial charge is 0.313 e. The van der Waals surface area contributed by atoms with Crippen molar-refractivity contribution in [2.24, 2.45) is 0 Å². The van der Waals surface area contributed by atoms with E-state index < -0.39 is 0 Å². The Morgan fingerprint density at radius 1 is 1.31 bits per heavy atom. The highest BCUT2D eigenvalue weighted by Gasteiger charge is 2.06. The predicted octanol–water partition coefficient (Wildman–Crippen LogP) is 1.16. The molecule has 1 aliphatic heterocycles. The first-order chi connectivity index (χ1) is 6.36. The molecule has 13 heavy (non-hydrogen) atoms. The van der Waals surface area contributed by atoms with Crippen molar-refractivity contribution in [2.45, 2.75) is 13.3 Å². The molecule has 2 rings (SSSR count). The van der Waals surface area contributed by atoms with Crippen LogP contribution in [0.1, 0.15) is 17.8 Å². The summed E-state index contributed by atoms with van der Waals surface area (Å²) in [6.45, 7) is 3.94. The van der Waals surface area contributed by atoms with Crippen molar-refractivity contribution < 1.29 is 0 Å². The maximum absolute atomic E-state index is 4.34. The number of hydrogen-bond donors (Lipinski definition) is 1. The highest BCUT2D eigenvalue weighted by atomic mass is 14.9. The van der Waals surface area contributed by atoms with Crippen LogP contribution in [0, 0.1) is 6.92 Å². The van der Waals surface area contributed by atoms with Crippen LogP contribution in [0.15, 0.2) is 18.5 Å². The Balaban J connectivity index is 2.24. The van der Waals surface area contributed by atoms with Gasteiger partial charge in [-0.1, -0.05) is 6.08 Å². The minimum absolute atomic E-state index is 0.949. The van der Waals surface area contributed by atoms with Crippen molar-refractivity contribution in [3.63, 3.8) is 0 Å².